The number of hydrogen-bond donors (Lipinski definition) is 1. The molecule has 110 valence electrons. The molecule has 0 bridgehead atoms. The van der Waals surface area contributed by atoms with Crippen LogP contribution in [0.15, 0.2) is 12.4 Å². The molecule has 5 nitrogen and oxygen atoms in total. The molecule has 1 unspecified atom stereocenters. The van der Waals surface area contributed by atoms with E-state index in [0.29, 0.717) is 12.0 Å². The van der Waals surface area contributed by atoms with Gasteiger partial charge >= 0.3 is 0 Å². The highest BCUT2D eigenvalue weighted by Crippen LogP contribution is 2.19. The van der Waals surface area contributed by atoms with E-state index in [1.165, 1.54) is 16.4 Å². The zero-order valence-electron chi connectivity index (χ0n) is 12.6. The molecular formula is C14H23N5S. The van der Waals surface area contributed by atoms with E-state index in [-0.39, 0.29) is 0 Å². The Bertz CT molecular complexity index is 531. The summed E-state index contributed by atoms with van der Waals surface area (Å²) in [7, 11) is 0. The van der Waals surface area contributed by atoms with E-state index in [1.807, 2.05) is 12.4 Å². The number of imidazole rings is 1. The molecule has 0 aromatic carbocycles. The maximum atomic E-state index is 4.35. The summed E-state index contributed by atoms with van der Waals surface area (Å²) in [5.41, 5.74) is 1.12. The summed E-state index contributed by atoms with van der Waals surface area (Å²) < 4.78 is 6.28. The minimum Gasteiger partial charge on any atom is -0.333 e. The van der Waals surface area contributed by atoms with Crippen molar-refractivity contribution in [1.29, 1.82) is 0 Å². The smallest absolute Gasteiger partial charge is 0.108 e. The summed E-state index contributed by atoms with van der Waals surface area (Å²) in [4.78, 5) is 5.60. The molecule has 0 radical (unpaired) electrons. The third-order valence-electron chi connectivity index (χ3n) is 3.33. The van der Waals surface area contributed by atoms with Gasteiger partial charge in [-0.3, -0.25) is 0 Å². The molecule has 0 saturated heterocycles. The zero-order valence-corrected chi connectivity index (χ0v) is 13.4. The van der Waals surface area contributed by atoms with Crippen LogP contribution in [0, 0.1) is 0 Å². The molecule has 2 rings (SSSR count). The monoisotopic (exact) mass is 293 g/mol. The molecule has 20 heavy (non-hydrogen) atoms. The van der Waals surface area contributed by atoms with Crippen molar-refractivity contribution in [1.82, 2.24) is 24.5 Å². The minimum absolute atomic E-state index is 0.386. The molecule has 0 spiro atoms. The van der Waals surface area contributed by atoms with Crippen LogP contribution in [0.4, 0.5) is 0 Å². The van der Waals surface area contributed by atoms with Crippen LogP contribution in [0.2, 0.25) is 0 Å². The van der Waals surface area contributed by atoms with Gasteiger partial charge in [0, 0.05) is 37.9 Å². The third-order valence-corrected chi connectivity index (χ3v) is 4.07. The number of aryl methyl sites for hydroxylation is 1. The summed E-state index contributed by atoms with van der Waals surface area (Å²) in [6.07, 6.45) is 4.89. The maximum absolute atomic E-state index is 4.35. The first kappa shape index (κ1) is 15.1. The first-order valence-corrected chi connectivity index (χ1v) is 7.93. The van der Waals surface area contributed by atoms with E-state index in [2.05, 4.69) is 52.1 Å². The van der Waals surface area contributed by atoms with Crippen molar-refractivity contribution in [2.75, 3.05) is 0 Å². The Morgan fingerprint density at radius 3 is 2.85 bits per heavy atom. The Labute approximate surface area is 124 Å². The lowest BCUT2D eigenvalue weighted by Gasteiger charge is -2.16. The highest BCUT2D eigenvalue weighted by atomic mass is 32.1. The Morgan fingerprint density at radius 1 is 1.35 bits per heavy atom. The number of hydrogen-bond acceptors (Lipinski definition) is 5. The number of nitrogens with zero attached hydrogens (tertiary/aromatic N) is 4. The quantitative estimate of drug-likeness (QED) is 0.852. The lowest BCUT2D eigenvalue weighted by Crippen LogP contribution is -2.30. The highest BCUT2D eigenvalue weighted by Gasteiger charge is 2.13. The van der Waals surface area contributed by atoms with Crippen LogP contribution in [0.3, 0.4) is 0 Å². The Balaban J connectivity index is 1.89. The van der Waals surface area contributed by atoms with Gasteiger partial charge in [0.25, 0.3) is 0 Å². The average molecular weight is 293 g/mol. The molecule has 0 fully saturated rings. The van der Waals surface area contributed by atoms with Gasteiger partial charge in [0.05, 0.1) is 10.6 Å². The van der Waals surface area contributed by atoms with Crippen molar-refractivity contribution in [3.8, 4) is 0 Å². The van der Waals surface area contributed by atoms with Gasteiger partial charge in [0.2, 0.25) is 0 Å². The van der Waals surface area contributed by atoms with E-state index in [4.69, 9.17) is 0 Å². The van der Waals surface area contributed by atoms with Crippen molar-refractivity contribution in [3.05, 3.63) is 28.8 Å². The van der Waals surface area contributed by atoms with Gasteiger partial charge in [-0.05, 0) is 24.4 Å². The third kappa shape index (κ3) is 3.64. The lowest BCUT2D eigenvalue weighted by atomic mass is 10.1. The second-order valence-corrected chi connectivity index (χ2v) is 6.21. The van der Waals surface area contributed by atoms with Crippen LogP contribution >= 0.6 is 11.5 Å². The van der Waals surface area contributed by atoms with Gasteiger partial charge in [-0.1, -0.05) is 25.3 Å². The molecule has 0 aliphatic carbocycles. The number of nitrogens with one attached hydrogen (secondary N) is 1. The number of rotatable bonds is 7. The van der Waals surface area contributed by atoms with E-state index in [0.717, 1.165) is 31.0 Å². The summed E-state index contributed by atoms with van der Waals surface area (Å²) >= 11 is 1.49. The van der Waals surface area contributed by atoms with Gasteiger partial charge < -0.3 is 9.88 Å². The fourth-order valence-electron chi connectivity index (χ4n) is 2.22. The molecule has 0 aliphatic heterocycles. The maximum Gasteiger partial charge on any atom is 0.108 e. The predicted octanol–water partition coefficient (Wildman–Crippen LogP) is 2.60. The van der Waals surface area contributed by atoms with Gasteiger partial charge in [0.1, 0.15) is 5.82 Å². The first-order chi connectivity index (χ1) is 9.61. The van der Waals surface area contributed by atoms with E-state index in [1.54, 1.807) is 0 Å². The van der Waals surface area contributed by atoms with Crippen molar-refractivity contribution in [2.45, 2.75) is 59.2 Å². The standard InChI is InChI=1S/C14H23N5S/c1-5-13-15-6-7-19(13)9-11(4)16-8-12-14(10(2)3)17-18-20-12/h6-7,10-11,16H,5,8-9H2,1-4H3. The molecule has 2 heterocycles. The summed E-state index contributed by atoms with van der Waals surface area (Å²) in [5.74, 6) is 1.57. The molecule has 1 N–H and O–H groups in total. The lowest BCUT2D eigenvalue weighted by molar-refractivity contribution is 0.468. The fraction of sp³-hybridized carbons (Fsp3) is 0.643. The second kappa shape index (κ2) is 6.95. The molecule has 6 heteroatoms. The van der Waals surface area contributed by atoms with Crippen LogP contribution < -0.4 is 5.32 Å². The Hall–Kier alpha value is -1.27. The van der Waals surface area contributed by atoms with E-state index < -0.39 is 0 Å². The van der Waals surface area contributed by atoms with Crippen LogP contribution in [-0.4, -0.2) is 25.2 Å². The molecule has 2 aromatic rings. The fourth-order valence-corrected chi connectivity index (χ4v) is 2.97. The van der Waals surface area contributed by atoms with Crippen LogP contribution in [0.25, 0.3) is 0 Å². The summed E-state index contributed by atoms with van der Waals surface area (Å²) in [6.45, 7) is 10.4. The molecule has 2 aromatic heterocycles. The van der Waals surface area contributed by atoms with Crippen molar-refractivity contribution >= 4 is 11.5 Å². The topological polar surface area (TPSA) is 55.6 Å². The molecule has 1 atom stereocenters. The van der Waals surface area contributed by atoms with Crippen LogP contribution in [0.1, 0.15) is 50.0 Å². The summed E-state index contributed by atoms with van der Waals surface area (Å²) in [6, 6.07) is 0.386. The van der Waals surface area contributed by atoms with Gasteiger partial charge in [0.15, 0.2) is 0 Å². The van der Waals surface area contributed by atoms with E-state index in [9.17, 15) is 0 Å². The molecule has 0 saturated carbocycles. The SMILES string of the molecule is CCc1nccn1CC(C)NCc1snnc1C(C)C. The van der Waals surface area contributed by atoms with Crippen molar-refractivity contribution in [3.63, 3.8) is 0 Å². The van der Waals surface area contributed by atoms with Crippen LogP contribution in [-0.2, 0) is 19.5 Å². The molecular weight excluding hydrogens is 270 g/mol. The zero-order chi connectivity index (χ0) is 14.5. The minimum atomic E-state index is 0.386. The normalized spacial score (nSPS) is 13.1. The van der Waals surface area contributed by atoms with Gasteiger partial charge in [-0.15, -0.1) is 5.10 Å². The highest BCUT2D eigenvalue weighted by molar-refractivity contribution is 7.05. The number of aromatic nitrogens is 4. The van der Waals surface area contributed by atoms with Gasteiger partial charge in [-0.25, -0.2) is 4.98 Å². The van der Waals surface area contributed by atoms with Crippen molar-refractivity contribution < 1.29 is 0 Å². The Morgan fingerprint density at radius 2 is 2.15 bits per heavy atom. The van der Waals surface area contributed by atoms with Crippen molar-refractivity contribution in [2.24, 2.45) is 0 Å². The largest absolute Gasteiger partial charge is 0.333 e. The predicted molar refractivity (Wildman–Crippen MR) is 81.9 cm³/mol. The Kier molecular flexibility index (Phi) is 5.25. The molecule has 0 amide bonds. The molecule has 0 aliphatic rings. The second-order valence-electron chi connectivity index (χ2n) is 5.37. The van der Waals surface area contributed by atoms with E-state index >= 15 is 0 Å². The summed E-state index contributed by atoms with van der Waals surface area (Å²) in [5, 5.41) is 7.76. The van der Waals surface area contributed by atoms with Crippen LogP contribution in [0.5, 0.6) is 0 Å². The first-order valence-electron chi connectivity index (χ1n) is 7.16. The average Bonchev–Trinajstić information content (AvgIpc) is 3.04. The van der Waals surface area contributed by atoms with Gasteiger partial charge in [-0.2, -0.15) is 0 Å².